The molecule has 0 spiro atoms. The highest BCUT2D eigenvalue weighted by Gasteiger charge is 2.23. The molecule has 0 aliphatic heterocycles. The van der Waals surface area contributed by atoms with E-state index in [0.29, 0.717) is 17.9 Å². The number of hydrogen-bond acceptors (Lipinski definition) is 3. The predicted octanol–water partition coefficient (Wildman–Crippen LogP) is 4.64. The third-order valence-corrected chi connectivity index (χ3v) is 4.93. The molecule has 2 unspecified atom stereocenters. The molecule has 0 radical (unpaired) electrons. The molecule has 0 aliphatic carbocycles. The molecule has 0 saturated carbocycles. The highest BCUT2D eigenvalue weighted by molar-refractivity contribution is 7.09. The van der Waals surface area contributed by atoms with Crippen molar-refractivity contribution in [2.24, 2.45) is 11.8 Å². The number of nitrogens with zero attached hydrogens (tertiary/aromatic N) is 1. The highest BCUT2D eigenvalue weighted by Crippen LogP contribution is 2.26. The van der Waals surface area contributed by atoms with Crippen LogP contribution >= 0.6 is 11.3 Å². The summed E-state index contributed by atoms with van der Waals surface area (Å²) in [7, 11) is 0. The van der Waals surface area contributed by atoms with E-state index < -0.39 is 0 Å². The van der Waals surface area contributed by atoms with Crippen LogP contribution in [0, 0.1) is 11.8 Å². The van der Waals surface area contributed by atoms with Crippen LogP contribution in [0.2, 0.25) is 0 Å². The lowest BCUT2D eigenvalue weighted by molar-refractivity contribution is 0.296. The smallest absolute Gasteiger partial charge is 0.0944 e. The van der Waals surface area contributed by atoms with Gasteiger partial charge in [0.25, 0.3) is 0 Å². The van der Waals surface area contributed by atoms with Gasteiger partial charge in [-0.15, -0.1) is 11.3 Å². The lowest BCUT2D eigenvalue weighted by atomic mass is 9.88. The quantitative estimate of drug-likeness (QED) is 0.792. The number of hydrogen-bond donors (Lipinski definition) is 1. The molecule has 0 aromatic carbocycles. The van der Waals surface area contributed by atoms with E-state index in [-0.39, 0.29) is 5.41 Å². The van der Waals surface area contributed by atoms with Crippen LogP contribution in [0.15, 0.2) is 5.38 Å². The molecule has 116 valence electrons. The first kappa shape index (κ1) is 17.6. The Morgan fingerprint density at radius 3 is 2.35 bits per heavy atom. The molecule has 1 aromatic heterocycles. The largest absolute Gasteiger partial charge is 0.313 e. The monoisotopic (exact) mass is 296 g/mol. The van der Waals surface area contributed by atoms with Gasteiger partial charge in [0, 0.05) is 23.3 Å². The number of aromatic nitrogens is 1. The maximum absolute atomic E-state index is 4.85. The van der Waals surface area contributed by atoms with Crippen molar-refractivity contribution in [2.45, 2.75) is 72.8 Å². The average molecular weight is 297 g/mol. The summed E-state index contributed by atoms with van der Waals surface area (Å²) in [6.07, 6.45) is 2.24. The highest BCUT2D eigenvalue weighted by atomic mass is 32.1. The van der Waals surface area contributed by atoms with E-state index >= 15 is 0 Å². The van der Waals surface area contributed by atoms with Crippen LogP contribution < -0.4 is 5.32 Å². The van der Waals surface area contributed by atoms with Crippen molar-refractivity contribution in [3.8, 4) is 0 Å². The molecule has 0 aliphatic rings. The Hall–Kier alpha value is -0.410. The van der Waals surface area contributed by atoms with Crippen molar-refractivity contribution in [1.82, 2.24) is 10.3 Å². The van der Waals surface area contributed by atoms with Gasteiger partial charge in [-0.05, 0) is 24.8 Å². The Kier molecular flexibility index (Phi) is 6.67. The van der Waals surface area contributed by atoms with Crippen LogP contribution in [0.1, 0.15) is 65.6 Å². The second-order valence-corrected chi connectivity index (χ2v) is 8.19. The predicted molar refractivity (Wildman–Crippen MR) is 90.6 cm³/mol. The minimum atomic E-state index is 0.157. The maximum atomic E-state index is 4.85. The molecule has 0 amide bonds. The van der Waals surface area contributed by atoms with Gasteiger partial charge in [-0.3, -0.25) is 0 Å². The fourth-order valence-electron chi connectivity index (χ4n) is 2.18. The van der Waals surface area contributed by atoms with Gasteiger partial charge in [0.2, 0.25) is 0 Å². The van der Waals surface area contributed by atoms with Gasteiger partial charge < -0.3 is 5.32 Å². The van der Waals surface area contributed by atoms with Crippen LogP contribution in [0.5, 0.6) is 0 Å². The van der Waals surface area contributed by atoms with Gasteiger partial charge >= 0.3 is 0 Å². The van der Waals surface area contributed by atoms with Crippen LogP contribution in [0.25, 0.3) is 0 Å². The van der Waals surface area contributed by atoms with Gasteiger partial charge in [0.1, 0.15) is 0 Å². The van der Waals surface area contributed by atoms with Gasteiger partial charge in [0.05, 0.1) is 10.7 Å². The maximum Gasteiger partial charge on any atom is 0.0944 e. The Balaban J connectivity index is 2.76. The Labute approximate surface area is 129 Å². The van der Waals surface area contributed by atoms with E-state index in [0.717, 1.165) is 13.0 Å². The van der Waals surface area contributed by atoms with Gasteiger partial charge in [-0.1, -0.05) is 48.5 Å². The van der Waals surface area contributed by atoms with Gasteiger partial charge in [-0.25, -0.2) is 4.98 Å². The lowest BCUT2D eigenvalue weighted by Gasteiger charge is -2.27. The van der Waals surface area contributed by atoms with E-state index in [2.05, 4.69) is 59.2 Å². The zero-order valence-corrected chi connectivity index (χ0v) is 15.1. The normalized spacial score (nSPS) is 15.6. The van der Waals surface area contributed by atoms with Crippen molar-refractivity contribution in [3.05, 3.63) is 16.1 Å². The van der Waals surface area contributed by atoms with Gasteiger partial charge in [-0.2, -0.15) is 0 Å². The standard InChI is InChI=1S/C17H32N2S/c1-8-9-18-14(13(4)12(2)3)10-16-19-15(11-20-16)17(5,6)7/h11-14,18H,8-10H2,1-7H3. The molecule has 3 heteroatoms. The summed E-state index contributed by atoms with van der Waals surface area (Å²) in [6.45, 7) is 17.0. The van der Waals surface area contributed by atoms with Crippen molar-refractivity contribution < 1.29 is 0 Å². The first-order chi connectivity index (χ1) is 9.25. The summed E-state index contributed by atoms with van der Waals surface area (Å²) in [4.78, 5) is 4.85. The van der Waals surface area contributed by atoms with E-state index in [4.69, 9.17) is 4.98 Å². The minimum Gasteiger partial charge on any atom is -0.313 e. The molecule has 0 bridgehead atoms. The summed E-state index contributed by atoms with van der Waals surface area (Å²) in [6, 6.07) is 0.536. The summed E-state index contributed by atoms with van der Waals surface area (Å²) in [5.41, 5.74) is 1.38. The zero-order chi connectivity index (χ0) is 15.3. The topological polar surface area (TPSA) is 24.9 Å². The molecular weight excluding hydrogens is 264 g/mol. The van der Waals surface area contributed by atoms with Crippen LogP contribution in [-0.2, 0) is 11.8 Å². The molecule has 20 heavy (non-hydrogen) atoms. The van der Waals surface area contributed by atoms with Crippen molar-refractivity contribution in [1.29, 1.82) is 0 Å². The Bertz CT molecular complexity index is 390. The summed E-state index contributed by atoms with van der Waals surface area (Å²) in [5.74, 6) is 1.37. The summed E-state index contributed by atoms with van der Waals surface area (Å²) >= 11 is 1.82. The zero-order valence-electron chi connectivity index (χ0n) is 14.3. The molecule has 1 N–H and O–H groups in total. The fraction of sp³-hybridized carbons (Fsp3) is 0.824. The molecule has 1 heterocycles. The van der Waals surface area contributed by atoms with Gasteiger partial charge in [0.15, 0.2) is 0 Å². The average Bonchev–Trinajstić information content (AvgIpc) is 2.81. The molecule has 2 nitrogen and oxygen atoms in total. The van der Waals surface area contributed by atoms with E-state index in [1.54, 1.807) is 0 Å². The third-order valence-electron chi connectivity index (χ3n) is 4.06. The Morgan fingerprint density at radius 1 is 1.25 bits per heavy atom. The second kappa shape index (κ2) is 7.56. The number of nitrogens with one attached hydrogen (secondary N) is 1. The molecular formula is C17H32N2S. The number of rotatable bonds is 7. The summed E-state index contributed by atoms with van der Waals surface area (Å²) < 4.78 is 0. The fourth-order valence-corrected chi connectivity index (χ4v) is 3.26. The van der Waals surface area contributed by atoms with Crippen LogP contribution in [-0.4, -0.2) is 17.6 Å². The molecule has 0 fully saturated rings. The summed E-state index contributed by atoms with van der Waals surface area (Å²) in [5, 5.41) is 7.22. The lowest BCUT2D eigenvalue weighted by Crippen LogP contribution is -2.39. The molecule has 2 atom stereocenters. The van der Waals surface area contributed by atoms with Crippen molar-refractivity contribution in [3.63, 3.8) is 0 Å². The van der Waals surface area contributed by atoms with E-state index in [1.807, 2.05) is 11.3 Å². The SMILES string of the molecule is CCCNC(Cc1nc(C(C)(C)C)cs1)C(C)C(C)C. The van der Waals surface area contributed by atoms with Crippen molar-refractivity contribution in [2.75, 3.05) is 6.54 Å². The second-order valence-electron chi connectivity index (χ2n) is 7.24. The van der Waals surface area contributed by atoms with Crippen LogP contribution in [0.4, 0.5) is 0 Å². The van der Waals surface area contributed by atoms with Crippen LogP contribution in [0.3, 0.4) is 0 Å². The first-order valence-corrected chi connectivity index (χ1v) is 8.82. The van der Waals surface area contributed by atoms with Crippen molar-refractivity contribution >= 4 is 11.3 Å². The Morgan fingerprint density at radius 2 is 1.90 bits per heavy atom. The minimum absolute atomic E-state index is 0.157. The number of thiazole rings is 1. The first-order valence-electron chi connectivity index (χ1n) is 7.94. The van der Waals surface area contributed by atoms with E-state index in [9.17, 15) is 0 Å². The van der Waals surface area contributed by atoms with E-state index in [1.165, 1.54) is 17.1 Å². The molecule has 1 aromatic rings. The molecule has 0 saturated heterocycles. The third kappa shape index (κ3) is 5.17. The molecule has 1 rings (SSSR count).